The van der Waals surface area contributed by atoms with Crippen LogP contribution in [0.25, 0.3) is 21.8 Å². The first kappa shape index (κ1) is 13.3. The summed E-state index contributed by atoms with van der Waals surface area (Å²) in [5.41, 5.74) is 9.21. The molecule has 1 aromatic heterocycles. The van der Waals surface area contributed by atoms with Gasteiger partial charge in [-0.1, -0.05) is 12.1 Å². The van der Waals surface area contributed by atoms with Gasteiger partial charge in [-0.25, -0.2) is 4.98 Å². The van der Waals surface area contributed by atoms with E-state index in [1.807, 2.05) is 29.6 Å². The van der Waals surface area contributed by atoms with Crippen LogP contribution in [0.3, 0.4) is 0 Å². The number of thiazole rings is 1. The number of rotatable bonds is 3. The first-order valence-corrected chi connectivity index (χ1v) is 7.08. The third-order valence-electron chi connectivity index (χ3n) is 3.01. The van der Waals surface area contributed by atoms with Gasteiger partial charge in [-0.15, -0.1) is 11.3 Å². The van der Waals surface area contributed by atoms with Crippen molar-refractivity contribution in [2.45, 2.75) is 0 Å². The van der Waals surface area contributed by atoms with E-state index in [9.17, 15) is 10.1 Å². The summed E-state index contributed by atoms with van der Waals surface area (Å²) in [4.78, 5) is 14.8. The van der Waals surface area contributed by atoms with Crippen LogP contribution in [0, 0.1) is 10.1 Å². The molecule has 0 aliphatic rings. The van der Waals surface area contributed by atoms with Gasteiger partial charge in [0.15, 0.2) is 0 Å². The van der Waals surface area contributed by atoms with Gasteiger partial charge in [0, 0.05) is 34.3 Å². The number of nitro benzene ring substituents is 1. The Labute approximate surface area is 124 Å². The molecule has 0 fully saturated rings. The van der Waals surface area contributed by atoms with E-state index in [1.54, 1.807) is 12.1 Å². The maximum atomic E-state index is 10.7. The fourth-order valence-corrected chi connectivity index (χ4v) is 2.80. The number of benzene rings is 2. The minimum absolute atomic E-state index is 0.0753. The maximum absolute atomic E-state index is 10.7. The van der Waals surface area contributed by atoms with Crippen molar-refractivity contribution >= 4 is 22.7 Å². The molecular weight excluding hydrogens is 286 g/mol. The van der Waals surface area contributed by atoms with E-state index >= 15 is 0 Å². The number of nitrogens with two attached hydrogens (primary N) is 1. The van der Waals surface area contributed by atoms with Gasteiger partial charge in [-0.3, -0.25) is 10.1 Å². The van der Waals surface area contributed by atoms with Gasteiger partial charge in [0.2, 0.25) is 0 Å². The highest BCUT2D eigenvalue weighted by Gasteiger charge is 2.09. The normalized spacial score (nSPS) is 10.5. The van der Waals surface area contributed by atoms with E-state index in [2.05, 4.69) is 4.98 Å². The van der Waals surface area contributed by atoms with Crippen LogP contribution in [0.4, 0.5) is 11.4 Å². The third-order valence-corrected chi connectivity index (χ3v) is 3.90. The van der Waals surface area contributed by atoms with Gasteiger partial charge >= 0.3 is 0 Å². The van der Waals surface area contributed by atoms with Gasteiger partial charge in [-0.05, 0) is 24.3 Å². The van der Waals surface area contributed by atoms with Crippen molar-refractivity contribution in [3.63, 3.8) is 0 Å². The average Bonchev–Trinajstić information content (AvgIpc) is 2.97. The lowest BCUT2D eigenvalue weighted by Crippen LogP contribution is -1.87. The second-order valence-electron chi connectivity index (χ2n) is 4.47. The van der Waals surface area contributed by atoms with Crippen LogP contribution in [0.2, 0.25) is 0 Å². The fourth-order valence-electron chi connectivity index (χ4n) is 1.96. The molecular formula is C15H11N3O2S. The Morgan fingerprint density at radius 3 is 2.52 bits per heavy atom. The van der Waals surface area contributed by atoms with Crippen molar-refractivity contribution in [1.29, 1.82) is 0 Å². The van der Waals surface area contributed by atoms with Crippen LogP contribution in [-0.4, -0.2) is 9.91 Å². The van der Waals surface area contributed by atoms with Crippen LogP contribution in [-0.2, 0) is 0 Å². The largest absolute Gasteiger partial charge is 0.399 e. The van der Waals surface area contributed by atoms with Gasteiger partial charge in [0.25, 0.3) is 5.69 Å². The Kier molecular flexibility index (Phi) is 3.37. The molecule has 3 aromatic rings. The number of nitro groups is 1. The smallest absolute Gasteiger partial charge is 0.269 e. The predicted octanol–water partition coefficient (Wildman–Crippen LogP) is 3.97. The molecule has 0 aliphatic heterocycles. The number of hydrogen-bond acceptors (Lipinski definition) is 5. The first-order chi connectivity index (χ1) is 10.1. The Balaban J connectivity index is 1.93. The molecule has 0 bridgehead atoms. The van der Waals surface area contributed by atoms with Crippen molar-refractivity contribution in [3.05, 3.63) is 64.0 Å². The minimum atomic E-state index is -0.413. The summed E-state index contributed by atoms with van der Waals surface area (Å²) in [6.07, 6.45) is 0. The first-order valence-electron chi connectivity index (χ1n) is 6.20. The summed E-state index contributed by atoms with van der Waals surface area (Å²) < 4.78 is 0. The van der Waals surface area contributed by atoms with E-state index in [0.29, 0.717) is 5.69 Å². The lowest BCUT2D eigenvalue weighted by molar-refractivity contribution is -0.384. The lowest BCUT2D eigenvalue weighted by atomic mass is 10.1. The molecule has 1 heterocycles. The molecule has 0 atom stereocenters. The van der Waals surface area contributed by atoms with Crippen LogP contribution in [0.5, 0.6) is 0 Å². The van der Waals surface area contributed by atoms with E-state index in [4.69, 9.17) is 5.73 Å². The molecule has 0 amide bonds. The standard InChI is InChI=1S/C15H11N3O2S/c16-12-3-1-2-11(8-12)14-9-21-15(17-14)10-4-6-13(7-5-10)18(19)20/h1-9H,16H2. The quantitative estimate of drug-likeness (QED) is 0.450. The highest BCUT2D eigenvalue weighted by atomic mass is 32.1. The molecule has 5 nitrogen and oxygen atoms in total. The number of anilines is 1. The highest BCUT2D eigenvalue weighted by molar-refractivity contribution is 7.13. The monoisotopic (exact) mass is 297 g/mol. The van der Waals surface area contributed by atoms with E-state index in [-0.39, 0.29) is 5.69 Å². The molecule has 2 aromatic carbocycles. The van der Waals surface area contributed by atoms with Crippen LogP contribution in [0.15, 0.2) is 53.9 Å². The molecule has 0 aliphatic carbocycles. The highest BCUT2D eigenvalue weighted by Crippen LogP contribution is 2.30. The Morgan fingerprint density at radius 2 is 1.86 bits per heavy atom. The number of non-ortho nitro benzene ring substituents is 1. The fraction of sp³-hybridized carbons (Fsp3) is 0. The zero-order chi connectivity index (χ0) is 14.8. The molecule has 0 saturated heterocycles. The van der Waals surface area contributed by atoms with Crippen LogP contribution in [0.1, 0.15) is 0 Å². The topological polar surface area (TPSA) is 82.0 Å². The van der Waals surface area contributed by atoms with Gasteiger partial charge in [0.05, 0.1) is 10.6 Å². The van der Waals surface area contributed by atoms with Crippen LogP contribution >= 0.6 is 11.3 Å². The summed E-state index contributed by atoms with van der Waals surface area (Å²) in [5.74, 6) is 0. The van der Waals surface area contributed by atoms with E-state index in [1.165, 1.54) is 23.5 Å². The molecule has 0 radical (unpaired) electrons. The van der Waals surface area contributed by atoms with Gasteiger partial charge < -0.3 is 5.73 Å². The molecule has 104 valence electrons. The SMILES string of the molecule is Nc1cccc(-c2csc(-c3ccc([N+](=O)[O-])cc3)n2)c1. The maximum Gasteiger partial charge on any atom is 0.269 e. The third kappa shape index (κ3) is 2.75. The number of nitrogens with zero attached hydrogens (tertiary/aromatic N) is 2. The zero-order valence-corrected chi connectivity index (χ0v) is 11.7. The Morgan fingerprint density at radius 1 is 1.10 bits per heavy atom. The molecule has 0 saturated carbocycles. The molecule has 21 heavy (non-hydrogen) atoms. The number of nitrogen functional groups attached to an aromatic ring is 1. The summed E-state index contributed by atoms with van der Waals surface area (Å²) >= 11 is 1.50. The Hall–Kier alpha value is -2.73. The molecule has 3 rings (SSSR count). The van der Waals surface area contributed by atoms with Crippen molar-refractivity contribution in [1.82, 2.24) is 4.98 Å². The van der Waals surface area contributed by atoms with E-state index < -0.39 is 4.92 Å². The molecule has 2 N–H and O–H groups in total. The number of aromatic nitrogens is 1. The van der Waals surface area contributed by atoms with Crippen molar-refractivity contribution in [3.8, 4) is 21.8 Å². The van der Waals surface area contributed by atoms with E-state index in [0.717, 1.165) is 21.8 Å². The lowest BCUT2D eigenvalue weighted by Gasteiger charge is -1.98. The average molecular weight is 297 g/mol. The van der Waals surface area contributed by atoms with Crippen molar-refractivity contribution in [2.75, 3.05) is 5.73 Å². The van der Waals surface area contributed by atoms with Gasteiger partial charge in [0.1, 0.15) is 5.01 Å². The molecule has 6 heteroatoms. The minimum Gasteiger partial charge on any atom is -0.399 e. The summed E-state index contributed by atoms with van der Waals surface area (Å²) in [6, 6.07) is 13.9. The second kappa shape index (κ2) is 5.34. The molecule has 0 unspecified atom stereocenters. The summed E-state index contributed by atoms with van der Waals surface area (Å²) in [5, 5.41) is 13.4. The zero-order valence-electron chi connectivity index (χ0n) is 10.9. The number of hydrogen-bond donors (Lipinski definition) is 1. The predicted molar refractivity (Wildman–Crippen MR) is 84.1 cm³/mol. The second-order valence-corrected chi connectivity index (χ2v) is 5.33. The van der Waals surface area contributed by atoms with Crippen LogP contribution < -0.4 is 5.73 Å². The summed E-state index contributed by atoms with van der Waals surface area (Å²) in [6.45, 7) is 0. The Bertz CT molecular complexity index is 797. The van der Waals surface area contributed by atoms with Gasteiger partial charge in [-0.2, -0.15) is 0 Å². The molecule has 0 spiro atoms. The van der Waals surface area contributed by atoms with Crippen molar-refractivity contribution < 1.29 is 4.92 Å². The summed E-state index contributed by atoms with van der Waals surface area (Å²) in [7, 11) is 0. The van der Waals surface area contributed by atoms with Crippen molar-refractivity contribution in [2.24, 2.45) is 0 Å².